The SMILES string of the molecule is C=C(C)C(NN)c1ccccc1Br. The van der Waals surface area contributed by atoms with Crippen molar-refractivity contribution in [2.45, 2.75) is 13.0 Å². The van der Waals surface area contributed by atoms with Crippen molar-refractivity contribution in [3.8, 4) is 0 Å². The van der Waals surface area contributed by atoms with Gasteiger partial charge in [-0.3, -0.25) is 5.84 Å². The molecule has 1 rings (SSSR count). The molecule has 0 aliphatic heterocycles. The molecule has 0 aliphatic rings. The first-order chi connectivity index (χ1) is 6.16. The van der Waals surface area contributed by atoms with Gasteiger partial charge in [-0.15, -0.1) is 0 Å². The van der Waals surface area contributed by atoms with E-state index in [4.69, 9.17) is 5.84 Å². The van der Waals surface area contributed by atoms with Gasteiger partial charge in [0.2, 0.25) is 0 Å². The quantitative estimate of drug-likeness (QED) is 0.484. The largest absolute Gasteiger partial charge is 0.271 e. The third-order valence-electron chi connectivity index (χ3n) is 1.88. The first kappa shape index (κ1) is 10.4. The molecule has 0 radical (unpaired) electrons. The number of hydrogen-bond acceptors (Lipinski definition) is 2. The second-order valence-electron chi connectivity index (χ2n) is 2.97. The Hall–Kier alpha value is -0.640. The van der Waals surface area contributed by atoms with Gasteiger partial charge < -0.3 is 0 Å². The second-order valence-corrected chi connectivity index (χ2v) is 3.82. The number of nitrogens with one attached hydrogen (secondary N) is 1. The second kappa shape index (κ2) is 4.56. The Balaban J connectivity index is 3.04. The molecule has 1 unspecified atom stereocenters. The molecular weight excluding hydrogens is 228 g/mol. The normalized spacial score (nSPS) is 12.5. The summed E-state index contributed by atoms with van der Waals surface area (Å²) in [6, 6.07) is 7.97. The Bertz CT molecular complexity index is 310. The van der Waals surface area contributed by atoms with Gasteiger partial charge in [-0.2, -0.15) is 0 Å². The monoisotopic (exact) mass is 240 g/mol. The zero-order chi connectivity index (χ0) is 9.84. The van der Waals surface area contributed by atoms with Gasteiger partial charge in [0.05, 0.1) is 6.04 Å². The predicted octanol–water partition coefficient (Wildman–Crippen LogP) is 2.53. The average Bonchev–Trinajstić information content (AvgIpc) is 2.09. The van der Waals surface area contributed by atoms with Crippen LogP contribution in [0.15, 0.2) is 40.9 Å². The van der Waals surface area contributed by atoms with E-state index in [0.717, 1.165) is 15.6 Å². The van der Waals surface area contributed by atoms with Gasteiger partial charge in [-0.1, -0.05) is 46.3 Å². The van der Waals surface area contributed by atoms with Crippen LogP contribution in [0.2, 0.25) is 0 Å². The van der Waals surface area contributed by atoms with E-state index in [0.29, 0.717) is 0 Å². The van der Waals surface area contributed by atoms with Gasteiger partial charge in [0.15, 0.2) is 0 Å². The summed E-state index contributed by atoms with van der Waals surface area (Å²) in [5, 5.41) is 0. The third-order valence-corrected chi connectivity index (χ3v) is 2.60. The molecule has 1 atom stereocenters. The summed E-state index contributed by atoms with van der Waals surface area (Å²) in [6.45, 7) is 5.83. The van der Waals surface area contributed by atoms with Crippen LogP contribution in [0.3, 0.4) is 0 Å². The number of benzene rings is 1. The number of nitrogens with two attached hydrogens (primary N) is 1. The zero-order valence-corrected chi connectivity index (χ0v) is 9.14. The molecule has 1 aromatic carbocycles. The van der Waals surface area contributed by atoms with Gasteiger partial charge in [0, 0.05) is 4.47 Å². The summed E-state index contributed by atoms with van der Waals surface area (Å²) in [5.74, 6) is 5.44. The van der Waals surface area contributed by atoms with Crippen molar-refractivity contribution in [2.75, 3.05) is 0 Å². The smallest absolute Gasteiger partial charge is 0.0675 e. The minimum atomic E-state index is 0.00979. The highest BCUT2D eigenvalue weighted by Crippen LogP contribution is 2.26. The molecule has 0 spiro atoms. The molecule has 0 heterocycles. The van der Waals surface area contributed by atoms with Crippen LogP contribution in [0.25, 0.3) is 0 Å². The van der Waals surface area contributed by atoms with Crippen molar-refractivity contribution < 1.29 is 0 Å². The lowest BCUT2D eigenvalue weighted by molar-refractivity contribution is 0.625. The summed E-state index contributed by atoms with van der Waals surface area (Å²) < 4.78 is 1.04. The molecule has 13 heavy (non-hydrogen) atoms. The number of halogens is 1. The van der Waals surface area contributed by atoms with Crippen LogP contribution in [0.4, 0.5) is 0 Å². The van der Waals surface area contributed by atoms with Crippen molar-refractivity contribution in [3.05, 3.63) is 46.5 Å². The van der Waals surface area contributed by atoms with Crippen LogP contribution in [0, 0.1) is 0 Å². The molecule has 0 saturated carbocycles. The van der Waals surface area contributed by atoms with Gasteiger partial charge in [0.1, 0.15) is 0 Å². The van der Waals surface area contributed by atoms with Gasteiger partial charge in [0.25, 0.3) is 0 Å². The molecule has 0 aromatic heterocycles. The van der Waals surface area contributed by atoms with Crippen LogP contribution >= 0.6 is 15.9 Å². The molecule has 0 saturated heterocycles. The van der Waals surface area contributed by atoms with E-state index in [1.54, 1.807) is 0 Å². The van der Waals surface area contributed by atoms with Crippen molar-refractivity contribution in [2.24, 2.45) is 5.84 Å². The molecular formula is C10H13BrN2. The molecule has 3 N–H and O–H groups in total. The Kier molecular flexibility index (Phi) is 3.66. The Morgan fingerprint density at radius 3 is 2.62 bits per heavy atom. The predicted molar refractivity (Wildman–Crippen MR) is 59.0 cm³/mol. The Labute approximate surface area is 86.9 Å². The highest BCUT2D eigenvalue weighted by atomic mass is 79.9. The molecule has 0 amide bonds. The van der Waals surface area contributed by atoms with Crippen LogP contribution < -0.4 is 11.3 Å². The van der Waals surface area contributed by atoms with Crippen LogP contribution in [0.1, 0.15) is 18.5 Å². The first-order valence-electron chi connectivity index (χ1n) is 4.02. The van der Waals surface area contributed by atoms with E-state index in [-0.39, 0.29) is 6.04 Å². The zero-order valence-electron chi connectivity index (χ0n) is 7.55. The Morgan fingerprint density at radius 2 is 2.15 bits per heavy atom. The topological polar surface area (TPSA) is 38.0 Å². The van der Waals surface area contributed by atoms with E-state index < -0.39 is 0 Å². The average molecular weight is 241 g/mol. The summed E-state index contributed by atoms with van der Waals surface area (Å²) in [4.78, 5) is 0. The maximum Gasteiger partial charge on any atom is 0.0675 e. The van der Waals surface area contributed by atoms with E-state index in [1.807, 2.05) is 31.2 Å². The lowest BCUT2D eigenvalue weighted by Gasteiger charge is -2.17. The van der Waals surface area contributed by atoms with E-state index in [9.17, 15) is 0 Å². The van der Waals surface area contributed by atoms with E-state index >= 15 is 0 Å². The number of rotatable bonds is 3. The lowest BCUT2D eigenvalue weighted by Crippen LogP contribution is -2.28. The lowest BCUT2D eigenvalue weighted by atomic mass is 10.0. The standard InChI is InChI=1S/C10H13BrN2/c1-7(2)10(13-12)8-5-3-4-6-9(8)11/h3-6,10,13H,1,12H2,2H3. The van der Waals surface area contributed by atoms with Crippen molar-refractivity contribution in [1.82, 2.24) is 5.43 Å². The number of hydrazine groups is 1. The van der Waals surface area contributed by atoms with Gasteiger partial charge in [-0.25, -0.2) is 5.43 Å². The summed E-state index contributed by atoms with van der Waals surface area (Å²) in [5.41, 5.74) is 4.83. The van der Waals surface area contributed by atoms with Crippen LogP contribution in [-0.4, -0.2) is 0 Å². The van der Waals surface area contributed by atoms with Crippen LogP contribution in [0.5, 0.6) is 0 Å². The van der Waals surface area contributed by atoms with Crippen LogP contribution in [-0.2, 0) is 0 Å². The fourth-order valence-corrected chi connectivity index (χ4v) is 1.72. The summed E-state index contributed by atoms with van der Waals surface area (Å²) >= 11 is 3.47. The van der Waals surface area contributed by atoms with Crippen molar-refractivity contribution in [3.63, 3.8) is 0 Å². The van der Waals surface area contributed by atoms with E-state index in [2.05, 4.69) is 27.9 Å². The fraction of sp³-hybridized carbons (Fsp3) is 0.200. The molecule has 0 fully saturated rings. The maximum absolute atomic E-state index is 5.44. The first-order valence-corrected chi connectivity index (χ1v) is 4.82. The van der Waals surface area contributed by atoms with E-state index in [1.165, 1.54) is 0 Å². The summed E-state index contributed by atoms with van der Waals surface area (Å²) in [7, 11) is 0. The third kappa shape index (κ3) is 2.40. The fourth-order valence-electron chi connectivity index (χ4n) is 1.21. The number of hydrogen-bond donors (Lipinski definition) is 2. The minimum Gasteiger partial charge on any atom is -0.271 e. The van der Waals surface area contributed by atoms with Crippen molar-refractivity contribution >= 4 is 15.9 Å². The maximum atomic E-state index is 5.44. The molecule has 0 aliphatic carbocycles. The van der Waals surface area contributed by atoms with Gasteiger partial charge >= 0.3 is 0 Å². The Morgan fingerprint density at radius 1 is 1.54 bits per heavy atom. The van der Waals surface area contributed by atoms with Gasteiger partial charge in [-0.05, 0) is 18.6 Å². The highest BCUT2D eigenvalue weighted by molar-refractivity contribution is 9.10. The summed E-state index contributed by atoms with van der Waals surface area (Å²) in [6.07, 6.45) is 0. The molecule has 1 aromatic rings. The molecule has 3 heteroatoms. The molecule has 70 valence electrons. The molecule has 0 bridgehead atoms. The minimum absolute atomic E-state index is 0.00979. The highest BCUT2D eigenvalue weighted by Gasteiger charge is 2.12. The van der Waals surface area contributed by atoms with Crippen molar-refractivity contribution in [1.29, 1.82) is 0 Å². The molecule has 2 nitrogen and oxygen atoms in total.